The number of carbonyl (C=O) groups is 1. The van der Waals surface area contributed by atoms with Gasteiger partial charge < -0.3 is 18.8 Å². The van der Waals surface area contributed by atoms with Gasteiger partial charge in [0.05, 0.1) is 35.6 Å². The highest BCUT2D eigenvalue weighted by Gasteiger charge is 2.40. The number of ether oxygens (including phenoxy) is 2. The van der Waals surface area contributed by atoms with Gasteiger partial charge >= 0.3 is 0 Å². The lowest BCUT2D eigenvalue weighted by atomic mass is 9.93. The van der Waals surface area contributed by atoms with E-state index in [1.807, 2.05) is 36.4 Å². The zero-order valence-electron chi connectivity index (χ0n) is 27.9. The van der Waals surface area contributed by atoms with E-state index in [9.17, 15) is 23.3 Å². The van der Waals surface area contributed by atoms with Gasteiger partial charge in [0, 0.05) is 12.6 Å². The summed E-state index contributed by atoms with van der Waals surface area (Å²) < 4.78 is 44.8. The van der Waals surface area contributed by atoms with Crippen LogP contribution in [0.25, 0.3) is 5.57 Å². The molecule has 1 atom stereocenters. The van der Waals surface area contributed by atoms with Gasteiger partial charge in [0.15, 0.2) is 19.8 Å². The summed E-state index contributed by atoms with van der Waals surface area (Å²) in [6, 6.07) is 18.1. The molecule has 1 aliphatic rings. The minimum atomic E-state index is -3.60. The van der Waals surface area contributed by atoms with Gasteiger partial charge in [-0.3, -0.25) is 14.9 Å². The minimum absolute atomic E-state index is 0.0778. The number of nitro groups is 1. The average molecular weight is 682 g/mol. The molecule has 0 unspecified atom stereocenters. The van der Waals surface area contributed by atoms with E-state index in [2.05, 4.69) is 38.6 Å². The monoisotopic (exact) mass is 681 g/mol. The summed E-state index contributed by atoms with van der Waals surface area (Å²) in [6.07, 6.45) is 2.30. The van der Waals surface area contributed by atoms with E-state index in [1.165, 1.54) is 38.4 Å². The molecule has 0 spiro atoms. The van der Waals surface area contributed by atoms with Crippen LogP contribution in [0.2, 0.25) is 18.1 Å². The fourth-order valence-electron chi connectivity index (χ4n) is 4.96. The third kappa shape index (κ3) is 8.28. The summed E-state index contributed by atoms with van der Waals surface area (Å²) in [5.74, 6) is -0.171. The number of benzene rings is 3. The van der Waals surface area contributed by atoms with Crippen molar-refractivity contribution in [2.24, 2.45) is 0 Å². The number of carbonyl (C=O) groups excluding carboxylic acids is 1. The second-order valence-corrected chi connectivity index (χ2v) is 19.6. The third-order valence-electron chi connectivity index (χ3n) is 8.88. The molecule has 4 rings (SSSR count). The third-order valence-corrected chi connectivity index (χ3v) is 14.8. The van der Waals surface area contributed by atoms with Crippen LogP contribution in [0.1, 0.15) is 48.7 Å². The summed E-state index contributed by atoms with van der Waals surface area (Å²) in [5, 5.41) is 12.2. The maximum absolute atomic E-state index is 14.2. The van der Waals surface area contributed by atoms with Gasteiger partial charge in [0.2, 0.25) is 10.0 Å². The summed E-state index contributed by atoms with van der Waals surface area (Å²) in [4.78, 5) is 27.7. The summed E-state index contributed by atoms with van der Waals surface area (Å²) in [5.41, 5.74) is 2.10. The van der Waals surface area contributed by atoms with E-state index in [4.69, 9.17) is 13.9 Å². The molecule has 0 radical (unpaired) electrons. The molecule has 47 heavy (non-hydrogen) atoms. The Labute approximate surface area is 277 Å². The van der Waals surface area contributed by atoms with Crippen molar-refractivity contribution in [3.63, 3.8) is 0 Å². The Balaban J connectivity index is 1.69. The molecule has 1 heterocycles. The van der Waals surface area contributed by atoms with Crippen LogP contribution in [0, 0.1) is 10.1 Å². The quantitative estimate of drug-likeness (QED) is 0.132. The Morgan fingerprint density at radius 1 is 1.06 bits per heavy atom. The Kier molecular flexibility index (Phi) is 11.0. The predicted molar refractivity (Wildman–Crippen MR) is 184 cm³/mol. The van der Waals surface area contributed by atoms with Crippen LogP contribution in [0.3, 0.4) is 0 Å². The number of hydrogen-bond acceptors (Lipinski definition) is 8. The van der Waals surface area contributed by atoms with Gasteiger partial charge in [-0.2, -0.15) is 0 Å². The van der Waals surface area contributed by atoms with E-state index < -0.39 is 35.2 Å². The van der Waals surface area contributed by atoms with Crippen LogP contribution in [0.15, 0.2) is 77.7 Å². The number of nitrogens with zero attached hydrogens (tertiary/aromatic N) is 2. The van der Waals surface area contributed by atoms with Crippen molar-refractivity contribution in [3.05, 3.63) is 99.6 Å². The van der Waals surface area contributed by atoms with Gasteiger partial charge in [-0.15, -0.1) is 0 Å². The molecule has 3 aromatic rings. The Morgan fingerprint density at radius 2 is 1.72 bits per heavy atom. The van der Waals surface area contributed by atoms with E-state index >= 15 is 0 Å². The fraction of sp³-hybridized carbons (Fsp3) is 0.382. The van der Waals surface area contributed by atoms with Crippen molar-refractivity contribution in [3.8, 4) is 11.5 Å². The normalized spacial score (nSPS) is 15.6. The molecule has 1 N–H and O–H groups in total. The first-order chi connectivity index (χ1) is 22.1. The van der Waals surface area contributed by atoms with Gasteiger partial charge in [-0.1, -0.05) is 69.3 Å². The zero-order valence-corrected chi connectivity index (χ0v) is 29.7. The second-order valence-electron chi connectivity index (χ2n) is 12.9. The topological polar surface area (TPSA) is 137 Å². The van der Waals surface area contributed by atoms with E-state index in [0.717, 1.165) is 16.7 Å². The van der Waals surface area contributed by atoms with Crippen LogP contribution < -0.4 is 14.2 Å². The van der Waals surface area contributed by atoms with Crippen molar-refractivity contribution in [2.75, 3.05) is 27.3 Å². The van der Waals surface area contributed by atoms with Crippen LogP contribution in [-0.2, 0) is 21.1 Å². The number of rotatable bonds is 12. The molecule has 13 heteroatoms. The van der Waals surface area contributed by atoms with E-state index in [0.29, 0.717) is 6.42 Å². The number of nitro benzene ring substituents is 1. The molecule has 3 aromatic carbocycles. The van der Waals surface area contributed by atoms with Crippen molar-refractivity contribution in [1.82, 2.24) is 9.62 Å². The first-order valence-electron chi connectivity index (χ1n) is 15.3. The van der Waals surface area contributed by atoms with E-state index in [-0.39, 0.29) is 52.4 Å². The summed E-state index contributed by atoms with van der Waals surface area (Å²) in [6.45, 7) is 11.2. The molecule has 0 fully saturated rings. The lowest BCUT2D eigenvalue weighted by Crippen LogP contribution is -2.49. The first-order valence-corrected chi connectivity index (χ1v) is 19.7. The smallest absolute Gasteiger partial charge is 0.286 e. The molecule has 0 aliphatic carbocycles. The molecule has 1 aliphatic heterocycles. The molecule has 0 aromatic heterocycles. The van der Waals surface area contributed by atoms with Gasteiger partial charge in [0.1, 0.15) is 12.2 Å². The fourth-order valence-corrected chi connectivity index (χ4v) is 6.73. The lowest BCUT2D eigenvalue weighted by molar-refractivity contribution is -0.385. The van der Waals surface area contributed by atoms with Gasteiger partial charge in [-0.05, 0) is 60.4 Å². The van der Waals surface area contributed by atoms with Gasteiger partial charge in [-0.25, -0.2) is 13.1 Å². The first kappa shape index (κ1) is 35.8. The average Bonchev–Trinajstić information content (AvgIpc) is 3.05. The molecular formula is C34H43N3O8SSi. The SMILES string of the molecule is CNS(=O)(=O)c1ccc(C2=CCN(C(=O)c3cc(OC)c(OCc4ccccc4)cc3[N+](=O)[O-])[C@H](CO[Si](C)(C)C(C)(C)C)C2)cc1. The molecule has 0 saturated carbocycles. The molecular weight excluding hydrogens is 639 g/mol. The van der Waals surface area contributed by atoms with Crippen molar-refractivity contribution < 1.29 is 32.0 Å². The van der Waals surface area contributed by atoms with Gasteiger partial charge in [0.25, 0.3) is 11.6 Å². The van der Waals surface area contributed by atoms with Crippen molar-refractivity contribution >= 4 is 35.5 Å². The number of amides is 1. The number of hydrogen-bond donors (Lipinski definition) is 1. The van der Waals surface area contributed by atoms with Crippen molar-refractivity contribution in [2.45, 2.75) is 62.9 Å². The number of nitrogens with one attached hydrogen (secondary N) is 1. The molecule has 1 amide bonds. The second kappa shape index (κ2) is 14.4. The van der Waals surface area contributed by atoms with Crippen LogP contribution >= 0.6 is 0 Å². The van der Waals surface area contributed by atoms with Crippen molar-refractivity contribution in [1.29, 1.82) is 0 Å². The van der Waals surface area contributed by atoms with E-state index in [1.54, 1.807) is 17.0 Å². The van der Waals surface area contributed by atoms with Crippen LogP contribution in [0.4, 0.5) is 5.69 Å². The highest BCUT2D eigenvalue weighted by Crippen LogP contribution is 2.39. The summed E-state index contributed by atoms with van der Waals surface area (Å²) in [7, 11) is -3.05. The molecule has 0 bridgehead atoms. The minimum Gasteiger partial charge on any atom is -0.493 e. The molecule has 252 valence electrons. The summed E-state index contributed by atoms with van der Waals surface area (Å²) >= 11 is 0. The molecule has 0 saturated heterocycles. The Morgan fingerprint density at radius 3 is 2.30 bits per heavy atom. The standard InChI is InChI=1S/C34H43N3O8SSi/c1-34(2,3)47(6,7)45-23-27-19-26(25-13-15-28(16-14-25)46(41,42)35-4)17-18-36(27)33(38)29-20-31(43-5)32(21-30(29)37(39)40)44-22-24-11-9-8-10-12-24/h8-17,20-21,27,35H,18-19,22-23H2,1-7H3/t27-/m0/s1. The largest absolute Gasteiger partial charge is 0.493 e. The Hall–Kier alpha value is -4.04. The number of methoxy groups -OCH3 is 1. The number of sulfonamides is 1. The Bertz CT molecular complexity index is 1740. The molecule has 11 nitrogen and oxygen atoms in total. The zero-order chi connectivity index (χ0) is 34.6. The highest BCUT2D eigenvalue weighted by atomic mass is 32.2. The predicted octanol–water partition coefficient (Wildman–Crippen LogP) is 6.41. The maximum atomic E-state index is 14.2. The van der Waals surface area contributed by atoms with Crippen LogP contribution in [0.5, 0.6) is 11.5 Å². The van der Waals surface area contributed by atoms with Crippen LogP contribution in [-0.4, -0.2) is 65.8 Å². The highest BCUT2D eigenvalue weighted by molar-refractivity contribution is 7.89. The maximum Gasteiger partial charge on any atom is 0.286 e. The lowest BCUT2D eigenvalue weighted by Gasteiger charge is -2.41.